The van der Waals surface area contributed by atoms with Crippen LogP contribution in [0, 0.1) is 12.3 Å². The van der Waals surface area contributed by atoms with Gasteiger partial charge in [0.15, 0.2) is 0 Å². The van der Waals surface area contributed by atoms with Crippen molar-refractivity contribution in [1.29, 1.82) is 0 Å². The summed E-state index contributed by atoms with van der Waals surface area (Å²) in [5, 5.41) is 0. The molecule has 2 heteroatoms. The third-order valence-electron chi connectivity index (χ3n) is 2.82. The van der Waals surface area contributed by atoms with E-state index in [1.807, 2.05) is 12.1 Å². The Bertz CT molecular complexity index is 380. The Kier molecular flexibility index (Phi) is 3.17. The second kappa shape index (κ2) is 4.59. The fraction of sp³-hybridized carbons (Fsp3) is 0.429. The maximum absolute atomic E-state index is 5.71. The highest BCUT2D eigenvalue weighted by atomic mass is 16.5. The van der Waals surface area contributed by atoms with E-state index < -0.39 is 0 Å². The molecule has 1 aliphatic heterocycles. The lowest BCUT2D eigenvalue weighted by Gasteiger charge is -2.36. The van der Waals surface area contributed by atoms with Crippen molar-refractivity contribution in [3.63, 3.8) is 0 Å². The van der Waals surface area contributed by atoms with Gasteiger partial charge in [-0.25, -0.2) is 0 Å². The zero-order valence-corrected chi connectivity index (χ0v) is 9.81. The molecule has 1 aliphatic rings. The summed E-state index contributed by atoms with van der Waals surface area (Å²) in [4.78, 5) is 2.35. The lowest BCUT2D eigenvalue weighted by atomic mass is 10.1. The molecule has 84 valence electrons. The Morgan fingerprint density at radius 3 is 2.25 bits per heavy atom. The first-order valence-electron chi connectivity index (χ1n) is 5.66. The highest BCUT2D eigenvalue weighted by Crippen LogP contribution is 2.20. The normalized spacial score (nSPS) is 25.2. The van der Waals surface area contributed by atoms with Crippen LogP contribution < -0.4 is 4.90 Å². The van der Waals surface area contributed by atoms with E-state index in [4.69, 9.17) is 11.2 Å². The molecule has 1 heterocycles. The number of hydrogen-bond donors (Lipinski definition) is 0. The summed E-state index contributed by atoms with van der Waals surface area (Å²) in [7, 11) is 0. The van der Waals surface area contributed by atoms with Crippen molar-refractivity contribution in [2.45, 2.75) is 26.1 Å². The van der Waals surface area contributed by atoms with Gasteiger partial charge >= 0.3 is 0 Å². The lowest BCUT2D eigenvalue weighted by Crippen LogP contribution is -2.45. The molecular weight excluding hydrogens is 198 g/mol. The Morgan fingerprint density at radius 1 is 1.19 bits per heavy atom. The van der Waals surface area contributed by atoms with Gasteiger partial charge in [0.2, 0.25) is 0 Å². The number of ether oxygens (including phenoxy) is 1. The van der Waals surface area contributed by atoms with E-state index in [-0.39, 0.29) is 12.2 Å². The van der Waals surface area contributed by atoms with E-state index in [2.05, 4.69) is 36.8 Å². The zero-order valence-electron chi connectivity index (χ0n) is 9.81. The molecule has 0 spiro atoms. The highest BCUT2D eigenvalue weighted by Gasteiger charge is 2.21. The van der Waals surface area contributed by atoms with Gasteiger partial charge in [-0.15, -0.1) is 6.42 Å². The highest BCUT2D eigenvalue weighted by molar-refractivity contribution is 5.50. The Hall–Kier alpha value is -1.46. The maximum atomic E-state index is 5.71. The third-order valence-corrected chi connectivity index (χ3v) is 2.82. The van der Waals surface area contributed by atoms with Gasteiger partial charge in [0, 0.05) is 24.3 Å². The van der Waals surface area contributed by atoms with Gasteiger partial charge in [0.05, 0.1) is 12.2 Å². The van der Waals surface area contributed by atoms with E-state index in [0.717, 1.165) is 18.7 Å². The summed E-state index contributed by atoms with van der Waals surface area (Å²) < 4.78 is 5.71. The summed E-state index contributed by atoms with van der Waals surface area (Å²) in [5.41, 5.74) is 2.15. The van der Waals surface area contributed by atoms with Crippen LogP contribution in [0.4, 0.5) is 5.69 Å². The van der Waals surface area contributed by atoms with E-state index >= 15 is 0 Å². The van der Waals surface area contributed by atoms with Gasteiger partial charge < -0.3 is 9.64 Å². The van der Waals surface area contributed by atoms with Crippen LogP contribution in [-0.2, 0) is 4.74 Å². The minimum absolute atomic E-state index is 0.288. The van der Waals surface area contributed by atoms with Gasteiger partial charge in [-0.2, -0.15) is 0 Å². The molecule has 0 unspecified atom stereocenters. The Morgan fingerprint density at radius 2 is 1.75 bits per heavy atom. The predicted octanol–water partition coefficient (Wildman–Crippen LogP) is 2.28. The van der Waals surface area contributed by atoms with Crippen molar-refractivity contribution in [3.05, 3.63) is 29.8 Å². The number of rotatable bonds is 1. The summed E-state index contributed by atoms with van der Waals surface area (Å²) in [6.07, 6.45) is 5.91. The van der Waals surface area contributed by atoms with Gasteiger partial charge in [-0.3, -0.25) is 0 Å². The number of terminal acetylenes is 1. The molecule has 1 saturated heterocycles. The SMILES string of the molecule is C#Cc1ccc(N2C[C@@H](C)O[C@@H](C)C2)cc1. The third kappa shape index (κ3) is 2.37. The van der Waals surface area contributed by atoms with E-state index in [1.54, 1.807) is 0 Å². The largest absolute Gasteiger partial charge is 0.372 e. The van der Waals surface area contributed by atoms with Crippen LogP contribution in [0.25, 0.3) is 0 Å². The van der Waals surface area contributed by atoms with Crippen molar-refractivity contribution in [1.82, 2.24) is 0 Å². The topological polar surface area (TPSA) is 12.5 Å². The Labute approximate surface area is 97.2 Å². The molecule has 1 aromatic rings. The molecule has 2 rings (SSSR count). The van der Waals surface area contributed by atoms with Crippen LogP contribution in [0.5, 0.6) is 0 Å². The van der Waals surface area contributed by atoms with Crippen molar-refractivity contribution in [2.24, 2.45) is 0 Å². The first-order valence-corrected chi connectivity index (χ1v) is 5.66. The molecular formula is C14H17NO. The molecule has 0 saturated carbocycles. The number of anilines is 1. The van der Waals surface area contributed by atoms with Crippen LogP contribution in [0.2, 0.25) is 0 Å². The molecule has 2 nitrogen and oxygen atoms in total. The molecule has 0 bridgehead atoms. The van der Waals surface area contributed by atoms with Crippen molar-refractivity contribution in [3.8, 4) is 12.3 Å². The summed E-state index contributed by atoms with van der Waals surface area (Å²) in [6, 6.07) is 8.14. The lowest BCUT2D eigenvalue weighted by molar-refractivity contribution is -0.00521. The monoisotopic (exact) mass is 215 g/mol. The van der Waals surface area contributed by atoms with E-state index in [1.165, 1.54) is 5.69 Å². The number of hydrogen-bond acceptors (Lipinski definition) is 2. The van der Waals surface area contributed by atoms with Crippen LogP contribution in [0.15, 0.2) is 24.3 Å². The number of nitrogens with zero attached hydrogens (tertiary/aromatic N) is 1. The average Bonchev–Trinajstić information content (AvgIpc) is 2.28. The second-order valence-corrected chi connectivity index (χ2v) is 4.35. The Balaban J connectivity index is 2.14. The molecule has 1 aromatic carbocycles. The van der Waals surface area contributed by atoms with Gasteiger partial charge in [0.1, 0.15) is 0 Å². The second-order valence-electron chi connectivity index (χ2n) is 4.35. The average molecular weight is 215 g/mol. The molecule has 0 amide bonds. The molecule has 0 N–H and O–H groups in total. The molecule has 0 aliphatic carbocycles. The van der Waals surface area contributed by atoms with Gasteiger partial charge in [-0.1, -0.05) is 5.92 Å². The fourth-order valence-corrected chi connectivity index (χ4v) is 2.16. The van der Waals surface area contributed by atoms with Crippen LogP contribution >= 0.6 is 0 Å². The summed E-state index contributed by atoms with van der Waals surface area (Å²) in [5.74, 6) is 2.63. The van der Waals surface area contributed by atoms with Gasteiger partial charge in [-0.05, 0) is 38.1 Å². The van der Waals surface area contributed by atoms with Crippen molar-refractivity contribution >= 4 is 5.69 Å². The first-order chi connectivity index (χ1) is 7.69. The molecule has 0 radical (unpaired) electrons. The van der Waals surface area contributed by atoms with Crippen molar-refractivity contribution < 1.29 is 4.74 Å². The van der Waals surface area contributed by atoms with E-state index in [9.17, 15) is 0 Å². The first kappa shape index (κ1) is 11.0. The standard InChI is InChI=1S/C14H17NO/c1-4-13-5-7-14(8-6-13)15-9-11(2)16-12(3)10-15/h1,5-8,11-12H,9-10H2,2-3H3/t11-,12+. The van der Waals surface area contributed by atoms with Crippen LogP contribution in [0.1, 0.15) is 19.4 Å². The van der Waals surface area contributed by atoms with Crippen molar-refractivity contribution in [2.75, 3.05) is 18.0 Å². The summed E-state index contributed by atoms with van der Waals surface area (Å²) in [6.45, 7) is 6.11. The van der Waals surface area contributed by atoms with Crippen LogP contribution in [-0.4, -0.2) is 25.3 Å². The van der Waals surface area contributed by atoms with Crippen LogP contribution in [0.3, 0.4) is 0 Å². The van der Waals surface area contributed by atoms with Gasteiger partial charge in [0.25, 0.3) is 0 Å². The fourth-order valence-electron chi connectivity index (χ4n) is 2.16. The number of morpholine rings is 1. The number of benzene rings is 1. The minimum atomic E-state index is 0.288. The zero-order chi connectivity index (χ0) is 11.5. The quantitative estimate of drug-likeness (QED) is 0.666. The molecule has 0 aromatic heterocycles. The maximum Gasteiger partial charge on any atom is 0.0726 e. The summed E-state index contributed by atoms with van der Waals surface area (Å²) >= 11 is 0. The molecule has 16 heavy (non-hydrogen) atoms. The minimum Gasteiger partial charge on any atom is -0.372 e. The molecule has 1 fully saturated rings. The predicted molar refractivity (Wildman–Crippen MR) is 66.6 cm³/mol. The smallest absolute Gasteiger partial charge is 0.0726 e. The molecule has 2 atom stereocenters. The van der Waals surface area contributed by atoms with E-state index in [0.29, 0.717) is 0 Å².